The van der Waals surface area contributed by atoms with Crippen molar-refractivity contribution in [2.45, 2.75) is 64.3 Å². The number of hydrogen-bond acceptors (Lipinski definition) is 11. The number of carbonyl (C=O) groups is 4. The second kappa shape index (κ2) is 27.4. The van der Waals surface area contributed by atoms with Gasteiger partial charge in [0.2, 0.25) is 11.8 Å². The number of nitrogens with two attached hydrogens (primary N) is 2. The van der Waals surface area contributed by atoms with E-state index in [1.54, 1.807) is 20.8 Å². The highest BCUT2D eigenvalue weighted by atomic mass is 16.6. The Bertz CT molecular complexity index is 1670. The maximum Gasteiger partial charge on any atom is 0.407 e. The number of amides is 5. The molecule has 0 radical (unpaired) electrons. The fourth-order valence-corrected chi connectivity index (χ4v) is 5.57. The number of hydrogen-bond donors (Lipinski definition) is 6. The van der Waals surface area contributed by atoms with E-state index in [9.17, 15) is 19.2 Å². The average molecular weight is 823 g/mol. The van der Waals surface area contributed by atoms with Crippen LogP contribution >= 0.6 is 0 Å². The fraction of sp³-hybridized carbons (Fsp3) is 0.488. The van der Waals surface area contributed by atoms with Gasteiger partial charge in [0.15, 0.2) is 0 Å². The predicted molar refractivity (Wildman–Crippen MR) is 223 cm³/mol. The molecule has 0 fully saturated rings. The summed E-state index contributed by atoms with van der Waals surface area (Å²) in [6, 6.07) is 22.7. The molecule has 16 heteroatoms. The third-order valence-electron chi connectivity index (χ3n) is 8.40. The zero-order valence-corrected chi connectivity index (χ0v) is 34.5. The summed E-state index contributed by atoms with van der Waals surface area (Å²) in [6.07, 6.45) is 0.430. The van der Waals surface area contributed by atoms with Crippen molar-refractivity contribution in [2.24, 2.45) is 11.5 Å². The molecule has 3 aromatic rings. The van der Waals surface area contributed by atoms with E-state index in [0.29, 0.717) is 96.6 Å². The van der Waals surface area contributed by atoms with Crippen LogP contribution in [0.15, 0.2) is 78.9 Å². The highest BCUT2D eigenvalue weighted by Gasteiger charge is 2.28. The number of rotatable bonds is 28. The van der Waals surface area contributed by atoms with Crippen molar-refractivity contribution in [3.8, 4) is 5.75 Å². The lowest BCUT2D eigenvalue weighted by atomic mass is 9.90. The maximum atomic E-state index is 14.1. The molecule has 59 heavy (non-hydrogen) atoms. The molecule has 0 aliphatic rings. The van der Waals surface area contributed by atoms with Crippen LogP contribution in [0.1, 0.15) is 61.8 Å². The molecule has 5 amide bonds. The predicted octanol–water partition coefficient (Wildman–Crippen LogP) is 3.50. The summed E-state index contributed by atoms with van der Waals surface area (Å²) in [7, 11) is 0. The maximum absolute atomic E-state index is 14.1. The lowest BCUT2D eigenvalue weighted by Crippen LogP contribution is -2.48. The Kier molecular flexibility index (Phi) is 22.4. The summed E-state index contributed by atoms with van der Waals surface area (Å²) in [4.78, 5) is 50.1. The van der Waals surface area contributed by atoms with Crippen molar-refractivity contribution in [3.63, 3.8) is 0 Å². The largest absolute Gasteiger partial charge is 0.491 e. The van der Waals surface area contributed by atoms with Gasteiger partial charge in [-0.3, -0.25) is 9.59 Å². The van der Waals surface area contributed by atoms with E-state index in [-0.39, 0.29) is 25.0 Å². The summed E-state index contributed by atoms with van der Waals surface area (Å²) in [6.45, 7) is 10.1. The van der Waals surface area contributed by atoms with E-state index in [2.05, 4.69) is 21.3 Å². The highest BCUT2D eigenvalue weighted by molar-refractivity contribution is 5.92. The van der Waals surface area contributed by atoms with Gasteiger partial charge in [0.1, 0.15) is 24.0 Å². The standard InChI is InChI=1S/C43H62N6O10/c1-43(2,3)59-42(53)46-19-20-54-21-22-55-23-24-56-25-26-57-27-28-58-36-12-7-11-35(29-36)38(34-9-5-4-6-10-34)40(51)49-37(13-8-18-44)39(50)47-30-32-14-16-33(17-15-32)31-48-41(45)52/h4-7,9-12,14-17,29,37-38H,8,13,18-28,30-31,44H2,1-3H3,(H,46,53)(H,47,50)(H,49,51)(H3,45,48,52)/t37-,38?/m1/s1. The minimum absolute atomic E-state index is 0.252. The van der Waals surface area contributed by atoms with E-state index in [1.807, 2.05) is 78.9 Å². The second-order valence-electron chi connectivity index (χ2n) is 14.4. The van der Waals surface area contributed by atoms with Crippen LogP contribution < -0.4 is 37.5 Å². The Balaban J connectivity index is 1.40. The molecule has 0 aliphatic heterocycles. The van der Waals surface area contributed by atoms with Crippen molar-refractivity contribution in [1.82, 2.24) is 21.3 Å². The first-order chi connectivity index (χ1) is 28.4. The summed E-state index contributed by atoms with van der Waals surface area (Å²) in [5.74, 6) is -0.792. The quantitative estimate of drug-likeness (QED) is 0.0582. The van der Waals surface area contributed by atoms with Gasteiger partial charge >= 0.3 is 12.1 Å². The van der Waals surface area contributed by atoms with Crippen LogP contribution in [0.4, 0.5) is 9.59 Å². The molecule has 0 aromatic heterocycles. The molecule has 2 atom stereocenters. The molecule has 0 spiro atoms. The molecule has 0 saturated carbocycles. The van der Waals surface area contributed by atoms with Gasteiger partial charge in [-0.15, -0.1) is 0 Å². The Morgan fingerprint density at radius 1 is 0.644 bits per heavy atom. The summed E-state index contributed by atoms with van der Waals surface area (Å²) >= 11 is 0. The molecule has 3 rings (SSSR count). The first kappa shape index (κ1) is 48.1. The lowest BCUT2D eigenvalue weighted by Gasteiger charge is -2.23. The zero-order chi connectivity index (χ0) is 42.7. The van der Waals surface area contributed by atoms with Crippen LogP contribution in [-0.2, 0) is 46.4 Å². The number of urea groups is 1. The Hall–Kier alpha value is -5.26. The fourth-order valence-electron chi connectivity index (χ4n) is 5.57. The minimum Gasteiger partial charge on any atom is -0.491 e. The average Bonchev–Trinajstić information content (AvgIpc) is 3.21. The molecule has 0 bridgehead atoms. The topological polar surface area (TPSA) is 224 Å². The Morgan fingerprint density at radius 3 is 1.78 bits per heavy atom. The SMILES string of the molecule is CC(C)(C)OC(=O)NCCOCCOCCOCCOCCOc1cccc(C(C(=O)N[C@H](CCCN)C(=O)NCc2ccc(CNC(N)=O)cc2)c2ccccc2)c1. The van der Waals surface area contributed by atoms with Crippen molar-refractivity contribution in [2.75, 3.05) is 72.6 Å². The lowest BCUT2D eigenvalue weighted by molar-refractivity contribution is -0.129. The molecule has 324 valence electrons. The van der Waals surface area contributed by atoms with Crippen molar-refractivity contribution in [3.05, 3.63) is 101 Å². The van der Waals surface area contributed by atoms with Gasteiger partial charge in [-0.1, -0.05) is 66.7 Å². The van der Waals surface area contributed by atoms with E-state index in [1.165, 1.54) is 0 Å². The molecule has 8 N–H and O–H groups in total. The third kappa shape index (κ3) is 20.8. The van der Waals surface area contributed by atoms with E-state index in [4.69, 9.17) is 39.9 Å². The summed E-state index contributed by atoms with van der Waals surface area (Å²) < 4.78 is 33.3. The van der Waals surface area contributed by atoms with Crippen LogP contribution in [0.2, 0.25) is 0 Å². The number of carbonyl (C=O) groups excluding carboxylic acids is 4. The van der Waals surface area contributed by atoms with E-state index < -0.39 is 29.7 Å². The van der Waals surface area contributed by atoms with Crippen molar-refractivity contribution >= 4 is 23.9 Å². The van der Waals surface area contributed by atoms with Gasteiger partial charge in [-0.2, -0.15) is 0 Å². The van der Waals surface area contributed by atoms with Gasteiger partial charge in [0.25, 0.3) is 0 Å². The Morgan fingerprint density at radius 2 is 1.20 bits per heavy atom. The monoisotopic (exact) mass is 822 g/mol. The van der Waals surface area contributed by atoms with Gasteiger partial charge in [0, 0.05) is 19.6 Å². The summed E-state index contributed by atoms with van der Waals surface area (Å²) in [5, 5.41) is 11.1. The van der Waals surface area contributed by atoms with Gasteiger partial charge in [0.05, 0.1) is 58.8 Å². The van der Waals surface area contributed by atoms with Gasteiger partial charge in [-0.25, -0.2) is 9.59 Å². The number of alkyl carbamates (subject to hydrolysis) is 1. The summed E-state index contributed by atoms with van der Waals surface area (Å²) in [5.41, 5.74) is 13.6. The molecule has 0 heterocycles. The van der Waals surface area contributed by atoms with Crippen LogP contribution in [0, 0.1) is 0 Å². The molecule has 0 aliphatic carbocycles. The first-order valence-corrected chi connectivity index (χ1v) is 19.9. The molecular weight excluding hydrogens is 761 g/mol. The molecule has 1 unspecified atom stereocenters. The Labute approximate surface area is 347 Å². The minimum atomic E-state index is -0.809. The van der Waals surface area contributed by atoms with Crippen LogP contribution in [-0.4, -0.2) is 108 Å². The third-order valence-corrected chi connectivity index (χ3v) is 8.40. The smallest absolute Gasteiger partial charge is 0.407 e. The van der Waals surface area contributed by atoms with Crippen molar-refractivity contribution < 1.29 is 47.6 Å². The van der Waals surface area contributed by atoms with Gasteiger partial charge < -0.3 is 61.2 Å². The van der Waals surface area contributed by atoms with Crippen LogP contribution in [0.25, 0.3) is 0 Å². The van der Waals surface area contributed by atoms with Crippen LogP contribution in [0.5, 0.6) is 5.75 Å². The second-order valence-corrected chi connectivity index (χ2v) is 14.4. The van der Waals surface area contributed by atoms with Crippen LogP contribution in [0.3, 0.4) is 0 Å². The van der Waals surface area contributed by atoms with E-state index in [0.717, 1.165) is 16.7 Å². The van der Waals surface area contributed by atoms with Gasteiger partial charge in [-0.05, 0) is 74.5 Å². The molecular formula is C43H62N6O10. The highest BCUT2D eigenvalue weighted by Crippen LogP contribution is 2.28. The number of nitrogens with one attached hydrogen (secondary N) is 4. The molecule has 0 saturated heterocycles. The molecule has 3 aromatic carbocycles. The van der Waals surface area contributed by atoms with Crippen molar-refractivity contribution in [1.29, 1.82) is 0 Å². The zero-order valence-electron chi connectivity index (χ0n) is 34.5. The number of ether oxygens (including phenoxy) is 6. The molecule has 16 nitrogen and oxygen atoms in total. The number of primary amides is 1. The normalized spacial score (nSPS) is 12.2. The first-order valence-electron chi connectivity index (χ1n) is 19.9. The number of benzene rings is 3. The van der Waals surface area contributed by atoms with E-state index >= 15 is 0 Å².